The lowest BCUT2D eigenvalue weighted by molar-refractivity contribution is -0.318. The summed E-state index contributed by atoms with van der Waals surface area (Å²) in [4.78, 5) is 48.9. The summed E-state index contributed by atoms with van der Waals surface area (Å²) >= 11 is 0. The number of hydrogen-bond acceptors (Lipinski definition) is 17. The van der Waals surface area contributed by atoms with Gasteiger partial charge in [0, 0.05) is 44.8 Å². The van der Waals surface area contributed by atoms with Gasteiger partial charge in [0.15, 0.2) is 24.8 Å². The van der Waals surface area contributed by atoms with Gasteiger partial charge in [-0.1, -0.05) is 104 Å². The van der Waals surface area contributed by atoms with Crippen molar-refractivity contribution in [3.63, 3.8) is 0 Å². The molecule has 1 saturated carbocycles. The van der Waals surface area contributed by atoms with Crippen LogP contribution in [0.2, 0.25) is 0 Å². The number of amides is 1. The van der Waals surface area contributed by atoms with Gasteiger partial charge in [-0.3, -0.25) is 9.59 Å². The highest BCUT2D eigenvalue weighted by Gasteiger charge is 2.55. The number of rotatable bonds is 21. The molecule has 4 rings (SSSR count). The number of nitrogens with one attached hydrogen (secondary N) is 1. The summed E-state index contributed by atoms with van der Waals surface area (Å²) < 4.78 is 51.4. The van der Waals surface area contributed by atoms with Gasteiger partial charge >= 0.3 is 18.0 Å². The molecule has 0 radical (unpaired) electrons. The van der Waals surface area contributed by atoms with Crippen LogP contribution in [0.4, 0.5) is 4.79 Å². The summed E-state index contributed by atoms with van der Waals surface area (Å²) in [6, 6.07) is -0.360. The van der Waals surface area contributed by atoms with Crippen molar-refractivity contribution in [3.8, 4) is 0 Å². The van der Waals surface area contributed by atoms with Gasteiger partial charge in [0.1, 0.15) is 23.9 Å². The lowest BCUT2D eigenvalue weighted by Gasteiger charge is -2.49. The summed E-state index contributed by atoms with van der Waals surface area (Å²) in [5.41, 5.74) is -4.46. The van der Waals surface area contributed by atoms with E-state index in [1.807, 2.05) is 39.8 Å². The van der Waals surface area contributed by atoms with Gasteiger partial charge in [-0.2, -0.15) is 0 Å². The maximum Gasteiger partial charge on any atom is 0.407 e. The Kier molecular flexibility index (Phi) is 26.0. The Morgan fingerprint density at radius 1 is 0.840 bits per heavy atom. The fourth-order valence-electron chi connectivity index (χ4n) is 12.4. The number of nitrogens with zero attached hydrogens (tertiary/aromatic N) is 2. The van der Waals surface area contributed by atoms with E-state index in [4.69, 9.17) is 47.9 Å². The largest absolute Gasteiger partial charge is 0.459 e. The van der Waals surface area contributed by atoms with E-state index in [1.165, 1.54) is 59.5 Å². The third kappa shape index (κ3) is 18.2. The SMILES string of the molecule is CCCCCCCCNC(=O)O[C@H]1C(O[C@@H]2[C@@H](C)[C@H](O[C@H]3C[C@@](C)(OC)[C@@H](OC(C)=O)[C@H](C)O3)[C@@H](C)C(=O)O[C@@H](CC)[C@@](C)(O)[C@H](O)[C@H](C)/C(=N/OCCCC3CCCCC3)[C@H](C)CC2(C)O)O[C@H](C)C[C@@H]1N(C)C. The van der Waals surface area contributed by atoms with E-state index in [0.29, 0.717) is 31.2 Å². The molecule has 0 aromatic carbocycles. The quantitative estimate of drug-likeness (QED) is 0.0366. The summed E-state index contributed by atoms with van der Waals surface area (Å²) in [6.45, 7) is 21.7. The molecule has 2 unspecified atom stereocenters. The van der Waals surface area contributed by atoms with E-state index in [9.17, 15) is 29.7 Å². The molecule has 4 fully saturated rings. The molecule has 0 aromatic rings. The number of aliphatic hydroxyl groups excluding tert-OH is 1. The summed E-state index contributed by atoms with van der Waals surface area (Å²) in [5, 5.41) is 45.4. The lowest BCUT2D eigenvalue weighted by Crippen LogP contribution is -2.62. The molecule has 0 bridgehead atoms. The van der Waals surface area contributed by atoms with Crippen LogP contribution in [0.25, 0.3) is 0 Å². The molecule has 18 nitrogen and oxygen atoms in total. The van der Waals surface area contributed by atoms with Gasteiger partial charge in [-0.15, -0.1) is 0 Å². The number of likely N-dealkylation sites (N-methyl/N-ethyl adjacent to an activating group) is 1. The number of carbonyl (C=O) groups is 3. The van der Waals surface area contributed by atoms with Gasteiger partial charge in [-0.05, 0) is 100 Å². The number of aliphatic hydroxyl groups is 3. The van der Waals surface area contributed by atoms with Crippen LogP contribution in [0.15, 0.2) is 5.16 Å². The van der Waals surface area contributed by atoms with E-state index in [2.05, 4.69) is 12.2 Å². The van der Waals surface area contributed by atoms with Crippen molar-refractivity contribution in [1.82, 2.24) is 10.2 Å². The molecule has 0 spiro atoms. The van der Waals surface area contributed by atoms with Crippen molar-refractivity contribution in [1.29, 1.82) is 0 Å². The van der Waals surface area contributed by atoms with E-state index in [1.54, 1.807) is 41.5 Å². The standard InChI is InChI=1S/C57H103N3O15/c1-16-18-19-20-21-25-30-58-54(64)74-48-43(60(13)14)32-36(4)69-53(48)75-50-38(6)47(73-45-34-56(11,67-15)51(40(8)70-45)71-41(9)61)39(7)52(63)72-44(17-2)57(12,66)49(62)37(5)46(35(3)33-55(50,10)65)59-68-31-26-29-42-27-23-22-24-28-42/h35-40,42-45,47-51,53,62,65-66H,16-34H2,1-15H3,(H,58,64)/b59-46+/t35-,36-,37-,38+,39-,40+,43+,44+,45+,47+,48-,49-,50-,51+,53?,55?,56-,57-/m1/s1. The number of hydrogen-bond donors (Lipinski definition) is 4. The number of alkyl carbamates (subject to hydrolysis) is 1. The van der Waals surface area contributed by atoms with E-state index >= 15 is 0 Å². The Morgan fingerprint density at radius 3 is 2.13 bits per heavy atom. The number of unbranched alkanes of at least 4 members (excludes halogenated alkanes) is 5. The molecule has 3 saturated heterocycles. The fourth-order valence-corrected chi connectivity index (χ4v) is 12.4. The second kappa shape index (κ2) is 30.1. The molecule has 3 aliphatic heterocycles. The zero-order valence-corrected chi connectivity index (χ0v) is 48.8. The zero-order valence-electron chi connectivity index (χ0n) is 48.8. The first-order chi connectivity index (χ1) is 35.3. The van der Waals surface area contributed by atoms with Crippen molar-refractivity contribution < 1.29 is 72.4 Å². The average molecular weight is 1070 g/mol. The number of ether oxygens (including phenoxy) is 8. The maximum absolute atomic E-state index is 14.8. The molecule has 18 atom stereocenters. The highest BCUT2D eigenvalue weighted by Crippen LogP contribution is 2.42. The third-order valence-corrected chi connectivity index (χ3v) is 16.9. The molecule has 1 aliphatic carbocycles. The number of esters is 2. The van der Waals surface area contributed by atoms with Gasteiger partial charge in [0.05, 0.1) is 53.8 Å². The van der Waals surface area contributed by atoms with Crippen molar-refractivity contribution in [2.45, 2.75) is 276 Å². The lowest BCUT2D eigenvalue weighted by atomic mass is 9.73. The highest BCUT2D eigenvalue weighted by molar-refractivity contribution is 5.88. The second-order valence-electron chi connectivity index (χ2n) is 23.7. The molecule has 75 heavy (non-hydrogen) atoms. The van der Waals surface area contributed by atoms with Gasteiger partial charge < -0.3 is 68.3 Å². The predicted molar refractivity (Wildman–Crippen MR) is 286 cm³/mol. The maximum atomic E-state index is 14.8. The molecule has 3 heterocycles. The first kappa shape index (κ1) is 64.8. The Hall–Kier alpha value is -2.68. The molecular formula is C57H103N3O15. The van der Waals surface area contributed by atoms with Crippen LogP contribution >= 0.6 is 0 Å². The monoisotopic (exact) mass is 1070 g/mol. The Bertz CT molecular complexity index is 1760. The van der Waals surface area contributed by atoms with Crippen LogP contribution in [0.5, 0.6) is 0 Å². The number of methoxy groups -OCH3 is 1. The van der Waals surface area contributed by atoms with Crippen molar-refractivity contribution in [2.24, 2.45) is 34.7 Å². The van der Waals surface area contributed by atoms with Gasteiger partial charge in [-0.25, -0.2) is 4.79 Å². The van der Waals surface area contributed by atoms with Crippen molar-refractivity contribution >= 4 is 23.7 Å². The van der Waals surface area contributed by atoms with E-state index in [0.717, 1.165) is 44.9 Å². The molecular weight excluding hydrogens is 967 g/mol. The van der Waals surface area contributed by atoms with Crippen LogP contribution in [-0.4, -0.2) is 163 Å². The molecule has 18 heteroatoms. The topological polar surface area (TPSA) is 223 Å². The molecule has 4 aliphatic rings. The smallest absolute Gasteiger partial charge is 0.407 e. The Balaban J connectivity index is 1.84. The minimum atomic E-state index is -1.97. The molecule has 4 N–H and O–H groups in total. The second-order valence-corrected chi connectivity index (χ2v) is 23.7. The van der Waals surface area contributed by atoms with E-state index < -0.39 is 114 Å². The summed E-state index contributed by atoms with van der Waals surface area (Å²) in [5.74, 6) is -4.03. The van der Waals surface area contributed by atoms with Gasteiger partial charge in [0.25, 0.3) is 0 Å². The molecule has 436 valence electrons. The summed E-state index contributed by atoms with van der Waals surface area (Å²) in [6.07, 6.45) is 4.31. The molecule has 1 amide bonds. The molecule has 0 aromatic heterocycles. The number of oxime groups is 1. The van der Waals surface area contributed by atoms with Crippen molar-refractivity contribution in [3.05, 3.63) is 0 Å². The predicted octanol–water partition coefficient (Wildman–Crippen LogP) is 8.61. The zero-order chi connectivity index (χ0) is 55.8. The van der Waals surface area contributed by atoms with Crippen LogP contribution in [0, 0.1) is 29.6 Å². The Labute approximate surface area is 450 Å². The minimum Gasteiger partial charge on any atom is -0.459 e. The number of cyclic esters (lactones) is 1. The van der Waals surface area contributed by atoms with Crippen LogP contribution in [0.3, 0.4) is 0 Å². The first-order valence-electron chi connectivity index (χ1n) is 28.8. The van der Waals surface area contributed by atoms with Gasteiger partial charge in [0.2, 0.25) is 0 Å². The summed E-state index contributed by atoms with van der Waals surface area (Å²) in [7, 11) is 5.33. The van der Waals surface area contributed by atoms with Crippen LogP contribution in [-0.2, 0) is 52.3 Å². The average Bonchev–Trinajstić information content (AvgIpc) is 3.35. The van der Waals surface area contributed by atoms with Crippen molar-refractivity contribution in [2.75, 3.05) is 34.4 Å². The minimum absolute atomic E-state index is 0.0132. The third-order valence-electron chi connectivity index (χ3n) is 16.9. The fraction of sp³-hybridized carbons (Fsp3) is 0.930. The number of carbonyl (C=O) groups excluding carboxylic acids is 3. The van der Waals surface area contributed by atoms with E-state index in [-0.39, 0.29) is 31.4 Å². The normalized spacial score (nSPS) is 39.4. The van der Waals surface area contributed by atoms with Crippen LogP contribution in [0.1, 0.15) is 192 Å². The van der Waals surface area contributed by atoms with Crippen LogP contribution < -0.4 is 5.32 Å². The highest BCUT2D eigenvalue weighted by atomic mass is 16.7. The first-order valence-corrected chi connectivity index (χ1v) is 28.8. The Morgan fingerprint density at radius 2 is 1.51 bits per heavy atom.